The number of nitrogens with zero attached hydrogens (tertiary/aromatic N) is 1. The Morgan fingerprint density at radius 2 is 1.95 bits per heavy atom. The second-order valence-electron chi connectivity index (χ2n) is 5.44. The van der Waals surface area contributed by atoms with Crippen molar-refractivity contribution in [3.05, 3.63) is 35.0 Å². The van der Waals surface area contributed by atoms with Gasteiger partial charge in [-0.15, -0.1) is 0 Å². The predicted octanol–water partition coefficient (Wildman–Crippen LogP) is 4.72. The Morgan fingerprint density at radius 3 is 2.57 bits per heavy atom. The number of benzene rings is 1. The third-order valence-electron chi connectivity index (χ3n) is 4.12. The number of hydrogen-bond acceptors (Lipinski definition) is 1. The van der Waals surface area contributed by atoms with Crippen LogP contribution >= 0.6 is 11.6 Å². The quantitative estimate of drug-likeness (QED) is 0.823. The number of carbonyl (C=O) groups excluding carboxylic acids is 1. The van der Waals surface area contributed by atoms with E-state index in [1.54, 1.807) is 0 Å². The molecule has 2 aromatic rings. The smallest absolute Gasteiger partial charge is 0.270 e. The van der Waals surface area contributed by atoms with Gasteiger partial charge >= 0.3 is 0 Å². The first kappa shape index (κ1) is 15.9. The van der Waals surface area contributed by atoms with E-state index in [1.807, 2.05) is 36.1 Å². The molecule has 0 radical (unpaired) electrons. The lowest BCUT2D eigenvalue weighted by atomic mass is 10.0. The molecule has 1 heterocycles. The molecule has 2 rings (SSSR count). The fourth-order valence-corrected chi connectivity index (χ4v) is 2.77. The average molecular weight is 307 g/mol. The van der Waals surface area contributed by atoms with Crippen LogP contribution in [0.4, 0.5) is 0 Å². The first-order valence-electron chi connectivity index (χ1n) is 7.66. The predicted molar refractivity (Wildman–Crippen MR) is 89.0 cm³/mol. The molecule has 0 aliphatic rings. The first-order chi connectivity index (χ1) is 10.1. The lowest BCUT2D eigenvalue weighted by Crippen LogP contribution is -2.35. The van der Waals surface area contributed by atoms with E-state index in [4.69, 9.17) is 11.6 Å². The van der Waals surface area contributed by atoms with Crippen molar-refractivity contribution in [1.82, 2.24) is 9.88 Å². The summed E-state index contributed by atoms with van der Waals surface area (Å²) >= 11 is 5.99. The zero-order valence-electron chi connectivity index (χ0n) is 12.9. The van der Waals surface area contributed by atoms with Gasteiger partial charge < -0.3 is 9.88 Å². The number of amides is 1. The molecule has 1 aromatic heterocycles. The summed E-state index contributed by atoms with van der Waals surface area (Å²) in [7, 11) is 0. The summed E-state index contributed by atoms with van der Waals surface area (Å²) < 4.78 is 0. The van der Waals surface area contributed by atoms with Crippen molar-refractivity contribution in [1.29, 1.82) is 0 Å². The highest BCUT2D eigenvalue weighted by atomic mass is 35.5. The van der Waals surface area contributed by atoms with Crippen molar-refractivity contribution < 1.29 is 4.79 Å². The van der Waals surface area contributed by atoms with Gasteiger partial charge in [0.2, 0.25) is 0 Å². The van der Waals surface area contributed by atoms with Gasteiger partial charge in [-0.2, -0.15) is 0 Å². The molecule has 4 heteroatoms. The van der Waals surface area contributed by atoms with Crippen LogP contribution in [0.25, 0.3) is 10.9 Å². The zero-order valence-corrected chi connectivity index (χ0v) is 13.7. The fraction of sp³-hybridized carbons (Fsp3) is 0.471. The number of H-pyrrole nitrogens is 1. The third-order valence-corrected chi connectivity index (χ3v) is 4.35. The highest BCUT2D eigenvalue weighted by Gasteiger charge is 2.19. The minimum absolute atomic E-state index is 0.0664. The second-order valence-corrected chi connectivity index (χ2v) is 5.88. The number of halogens is 1. The summed E-state index contributed by atoms with van der Waals surface area (Å²) in [4.78, 5) is 17.8. The van der Waals surface area contributed by atoms with Crippen molar-refractivity contribution in [3.8, 4) is 0 Å². The molecule has 0 fully saturated rings. The van der Waals surface area contributed by atoms with E-state index >= 15 is 0 Å². The summed E-state index contributed by atoms with van der Waals surface area (Å²) in [5, 5.41) is 1.69. The van der Waals surface area contributed by atoms with Crippen LogP contribution in [0.2, 0.25) is 5.02 Å². The van der Waals surface area contributed by atoms with Gasteiger partial charge in [-0.25, -0.2) is 0 Å². The van der Waals surface area contributed by atoms with Crippen molar-refractivity contribution in [3.63, 3.8) is 0 Å². The van der Waals surface area contributed by atoms with Gasteiger partial charge in [-0.3, -0.25) is 4.79 Å². The van der Waals surface area contributed by atoms with E-state index in [2.05, 4.69) is 18.8 Å². The normalized spacial score (nSPS) is 11.3. The highest BCUT2D eigenvalue weighted by molar-refractivity contribution is 6.31. The largest absolute Gasteiger partial charge is 0.350 e. The Balaban J connectivity index is 2.22. The van der Waals surface area contributed by atoms with Gasteiger partial charge in [0.15, 0.2) is 0 Å². The maximum Gasteiger partial charge on any atom is 0.270 e. The number of nitrogens with one attached hydrogen (secondary N) is 1. The molecule has 0 aliphatic carbocycles. The van der Waals surface area contributed by atoms with E-state index in [0.717, 1.165) is 36.8 Å². The van der Waals surface area contributed by atoms with Gasteiger partial charge in [0.05, 0.1) is 0 Å². The van der Waals surface area contributed by atoms with Gasteiger partial charge in [0, 0.05) is 29.0 Å². The summed E-state index contributed by atoms with van der Waals surface area (Å²) in [6.07, 6.45) is 2.20. The fourth-order valence-electron chi connectivity index (χ4n) is 2.60. The topological polar surface area (TPSA) is 36.1 Å². The van der Waals surface area contributed by atoms with Crippen LogP contribution in [0, 0.1) is 5.92 Å². The van der Waals surface area contributed by atoms with E-state index in [9.17, 15) is 4.79 Å². The van der Waals surface area contributed by atoms with Crippen LogP contribution in [-0.2, 0) is 0 Å². The molecule has 1 aromatic carbocycles. The summed E-state index contributed by atoms with van der Waals surface area (Å²) in [5.41, 5.74) is 1.55. The minimum atomic E-state index is 0.0664. The number of hydrogen-bond donors (Lipinski definition) is 1. The van der Waals surface area contributed by atoms with Crippen LogP contribution < -0.4 is 0 Å². The van der Waals surface area contributed by atoms with E-state index in [-0.39, 0.29) is 5.91 Å². The molecule has 0 aliphatic heterocycles. The summed E-state index contributed by atoms with van der Waals surface area (Å²) in [6, 6.07) is 7.53. The molecule has 21 heavy (non-hydrogen) atoms. The van der Waals surface area contributed by atoms with Crippen LogP contribution in [0.5, 0.6) is 0 Å². The molecule has 1 amide bonds. The molecule has 0 bridgehead atoms. The highest BCUT2D eigenvalue weighted by Crippen LogP contribution is 2.21. The second kappa shape index (κ2) is 6.99. The molecule has 3 nitrogen and oxygen atoms in total. The third kappa shape index (κ3) is 3.59. The Bertz CT molecular complexity index is 616. The van der Waals surface area contributed by atoms with Gasteiger partial charge in [-0.05, 0) is 31.0 Å². The molecule has 0 spiro atoms. The van der Waals surface area contributed by atoms with Crippen LogP contribution in [0.15, 0.2) is 24.3 Å². The Labute approximate surface area is 131 Å². The van der Waals surface area contributed by atoms with Crippen molar-refractivity contribution in [2.45, 2.75) is 33.6 Å². The number of aromatic nitrogens is 1. The number of aromatic amines is 1. The zero-order chi connectivity index (χ0) is 15.4. The molecule has 1 N–H and O–H groups in total. The molecule has 0 atom stereocenters. The minimum Gasteiger partial charge on any atom is -0.350 e. The standard InChI is InChI=1S/C17H23ClN2O/c1-4-12(5-2)11-20(6-3)17(21)16-9-13-7-8-14(18)10-15(13)19-16/h7-10,12,19H,4-6,11H2,1-3H3. The molecule has 114 valence electrons. The van der Waals surface area contributed by atoms with E-state index in [0.29, 0.717) is 16.6 Å². The molecular weight excluding hydrogens is 284 g/mol. The molecular formula is C17H23ClN2O. The molecule has 0 saturated carbocycles. The Hall–Kier alpha value is -1.48. The number of rotatable bonds is 6. The van der Waals surface area contributed by atoms with E-state index < -0.39 is 0 Å². The van der Waals surface area contributed by atoms with Crippen LogP contribution in [0.3, 0.4) is 0 Å². The monoisotopic (exact) mass is 306 g/mol. The van der Waals surface area contributed by atoms with Crippen LogP contribution in [0.1, 0.15) is 44.1 Å². The van der Waals surface area contributed by atoms with Gasteiger partial charge in [0.25, 0.3) is 5.91 Å². The van der Waals surface area contributed by atoms with E-state index in [1.165, 1.54) is 0 Å². The maximum absolute atomic E-state index is 12.7. The van der Waals surface area contributed by atoms with Crippen molar-refractivity contribution >= 4 is 28.4 Å². The average Bonchev–Trinajstić information content (AvgIpc) is 2.91. The van der Waals surface area contributed by atoms with Crippen LogP contribution in [-0.4, -0.2) is 28.9 Å². The SMILES string of the molecule is CCC(CC)CN(CC)C(=O)c1cc2ccc(Cl)cc2[nH]1. The number of fused-ring (bicyclic) bond motifs is 1. The van der Waals surface area contributed by atoms with Crippen molar-refractivity contribution in [2.24, 2.45) is 5.92 Å². The number of carbonyl (C=O) groups is 1. The van der Waals surface area contributed by atoms with Crippen molar-refractivity contribution in [2.75, 3.05) is 13.1 Å². The Morgan fingerprint density at radius 1 is 1.24 bits per heavy atom. The molecule has 0 saturated heterocycles. The first-order valence-corrected chi connectivity index (χ1v) is 8.04. The summed E-state index contributed by atoms with van der Waals surface area (Å²) in [6.45, 7) is 7.93. The van der Waals surface area contributed by atoms with Gasteiger partial charge in [0.1, 0.15) is 5.69 Å². The lowest BCUT2D eigenvalue weighted by molar-refractivity contribution is 0.0730. The lowest BCUT2D eigenvalue weighted by Gasteiger charge is -2.25. The molecule has 0 unspecified atom stereocenters. The Kier molecular flexibility index (Phi) is 5.29. The maximum atomic E-state index is 12.7. The van der Waals surface area contributed by atoms with Gasteiger partial charge in [-0.1, -0.05) is 44.4 Å². The summed E-state index contributed by atoms with van der Waals surface area (Å²) in [5.74, 6) is 0.629.